The summed E-state index contributed by atoms with van der Waals surface area (Å²) >= 11 is 0. The highest BCUT2D eigenvalue weighted by molar-refractivity contribution is 7.91. The van der Waals surface area contributed by atoms with Crippen LogP contribution in [0.2, 0.25) is 0 Å². The van der Waals surface area contributed by atoms with Crippen LogP contribution in [0.4, 0.5) is 0 Å². The van der Waals surface area contributed by atoms with Crippen molar-refractivity contribution in [2.24, 2.45) is 0 Å². The highest BCUT2D eigenvalue weighted by Gasteiger charge is 2.24. The van der Waals surface area contributed by atoms with E-state index in [0.29, 0.717) is 6.42 Å². The van der Waals surface area contributed by atoms with Gasteiger partial charge in [0.15, 0.2) is 9.84 Å². The average molecular weight is 245 g/mol. The Hall–Kier alpha value is -0.530. The van der Waals surface area contributed by atoms with Crippen LogP contribution in [0.1, 0.15) is 39.5 Å². The maximum absolute atomic E-state index is 11.5. The zero-order valence-electron chi connectivity index (χ0n) is 10.5. The molecule has 1 N–H and O–H groups in total. The predicted molar refractivity (Wildman–Crippen MR) is 69.1 cm³/mol. The second kappa shape index (κ2) is 7.70. The van der Waals surface area contributed by atoms with E-state index in [-0.39, 0.29) is 11.3 Å². The molecular formula is C12H23NO2S. The molecular weight excluding hydrogens is 222 g/mol. The first-order valence-electron chi connectivity index (χ1n) is 5.79. The third-order valence-corrected chi connectivity index (χ3v) is 4.41. The lowest BCUT2D eigenvalue weighted by Crippen LogP contribution is -2.42. The summed E-state index contributed by atoms with van der Waals surface area (Å²) in [5.41, 5.74) is 0. The highest BCUT2D eigenvalue weighted by Crippen LogP contribution is 2.11. The van der Waals surface area contributed by atoms with Crippen LogP contribution in [-0.4, -0.2) is 32.5 Å². The van der Waals surface area contributed by atoms with E-state index in [0.717, 1.165) is 25.8 Å². The summed E-state index contributed by atoms with van der Waals surface area (Å²) in [5.74, 6) is 2.58. The SMILES string of the molecule is C#CCCCC(NCCC)C(C)S(C)(=O)=O. The van der Waals surface area contributed by atoms with E-state index < -0.39 is 9.84 Å². The first kappa shape index (κ1) is 15.5. The summed E-state index contributed by atoms with van der Waals surface area (Å²) in [6.45, 7) is 4.68. The molecule has 0 amide bonds. The lowest BCUT2D eigenvalue weighted by Gasteiger charge is -2.23. The van der Waals surface area contributed by atoms with Crippen LogP contribution in [0.25, 0.3) is 0 Å². The van der Waals surface area contributed by atoms with Gasteiger partial charge in [0.1, 0.15) is 0 Å². The van der Waals surface area contributed by atoms with Crippen molar-refractivity contribution >= 4 is 9.84 Å². The monoisotopic (exact) mass is 245 g/mol. The number of hydrogen-bond donors (Lipinski definition) is 1. The fourth-order valence-corrected chi connectivity index (χ4v) is 2.38. The molecule has 0 aromatic rings. The number of unbranched alkanes of at least 4 members (excludes halogenated alkanes) is 1. The lowest BCUT2D eigenvalue weighted by molar-refractivity contribution is 0.451. The van der Waals surface area contributed by atoms with Crippen LogP contribution in [0.5, 0.6) is 0 Å². The molecule has 3 nitrogen and oxygen atoms in total. The molecule has 94 valence electrons. The van der Waals surface area contributed by atoms with Gasteiger partial charge in [0.25, 0.3) is 0 Å². The first-order valence-corrected chi connectivity index (χ1v) is 7.74. The smallest absolute Gasteiger partial charge is 0.151 e. The van der Waals surface area contributed by atoms with Crippen LogP contribution >= 0.6 is 0 Å². The summed E-state index contributed by atoms with van der Waals surface area (Å²) in [7, 11) is -2.98. The normalized spacial score (nSPS) is 15.4. The third kappa shape index (κ3) is 6.14. The third-order valence-electron chi connectivity index (χ3n) is 2.73. The Morgan fingerprint density at radius 1 is 1.44 bits per heavy atom. The average Bonchev–Trinajstić information content (AvgIpc) is 2.21. The number of rotatable bonds is 8. The van der Waals surface area contributed by atoms with Gasteiger partial charge in [0.2, 0.25) is 0 Å². The molecule has 0 aromatic heterocycles. The van der Waals surface area contributed by atoms with E-state index in [1.165, 1.54) is 6.26 Å². The van der Waals surface area contributed by atoms with Gasteiger partial charge in [-0.05, 0) is 32.7 Å². The summed E-state index contributed by atoms with van der Waals surface area (Å²) in [6.07, 6.45) is 9.88. The van der Waals surface area contributed by atoms with Gasteiger partial charge in [-0.1, -0.05) is 6.92 Å². The molecule has 0 aliphatic rings. The second-order valence-electron chi connectivity index (χ2n) is 4.19. The van der Waals surface area contributed by atoms with E-state index in [1.54, 1.807) is 6.92 Å². The van der Waals surface area contributed by atoms with E-state index in [2.05, 4.69) is 18.2 Å². The molecule has 0 bridgehead atoms. The van der Waals surface area contributed by atoms with Crippen molar-refractivity contribution < 1.29 is 8.42 Å². The molecule has 2 atom stereocenters. The van der Waals surface area contributed by atoms with Crippen LogP contribution in [0.15, 0.2) is 0 Å². The van der Waals surface area contributed by atoms with Gasteiger partial charge in [-0.25, -0.2) is 8.42 Å². The maximum Gasteiger partial charge on any atom is 0.151 e. The first-order chi connectivity index (χ1) is 7.43. The Bertz CT molecular complexity index is 316. The summed E-state index contributed by atoms with van der Waals surface area (Å²) in [4.78, 5) is 0. The van der Waals surface area contributed by atoms with Crippen LogP contribution < -0.4 is 5.32 Å². The molecule has 0 fully saturated rings. The molecule has 0 heterocycles. The Labute approximate surface area is 99.9 Å². The summed E-state index contributed by atoms with van der Waals surface area (Å²) in [6, 6.07) is 0.0169. The standard InChI is InChI=1S/C12H23NO2S/c1-5-7-8-9-12(13-10-6-2)11(3)16(4,14)15/h1,11-13H,6-10H2,2-4H3. The molecule has 0 saturated carbocycles. The van der Waals surface area contributed by atoms with E-state index in [1.807, 2.05) is 0 Å². The molecule has 2 unspecified atom stereocenters. The van der Waals surface area contributed by atoms with E-state index in [9.17, 15) is 8.42 Å². The van der Waals surface area contributed by atoms with Gasteiger partial charge in [0, 0.05) is 18.7 Å². The summed E-state index contributed by atoms with van der Waals surface area (Å²) < 4.78 is 23.0. The van der Waals surface area contributed by atoms with Gasteiger partial charge >= 0.3 is 0 Å². The molecule has 0 rings (SSSR count). The van der Waals surface area contributed by atoms with Crippen molar-refractivity contribution in [1.82, 2.24) is 5.32 Å². The molecule has 4 heteroatoms. The Morgan fingerprint density at radius 2 is 2.06 bits per heavy atom. The lowest BCUT2D eigenvalue weighted by atomic mass is 10.1. The van der Waals surface area contributed by atoms with Crippen molar-refractivity contribution in [3.8, 4) is 12.3 Å². The van der Waals surface area contributed by atoms with Gasteiger partial charge in [-0.15, -0.1) is 12.3 Å². The fraction of sp³-hybridized carbons (Fsp3) is 0.833. The molecule has 16 heavy (non-hydrogen) atoms. The van der Waals surface area contributed by atoms with E-state index in [4.69, 9.17) is 6.42 Å². The van der Waals surface area contributed by atoms with Crippen molar-refractivity contribution in [3.05, 3.63) is 0 Å². The molecule has 0 radical (unpaired) electrons. The molecule has 0 saturated heterocycles. The van der Waals surface area contributed by atoms with Gasteiger partial charge in [-0.3, -0.25) is 0 Å². The Balaban J connectivity index is 4.36. The van der Waals surface area contributed by atoms with Crippen molar-refractivity contribution in [3.63, 3.8) is 0 Å². The fourth-order valence-electron chi connectivity index (χ4n) is 1.55. The Kier molecular flexibility index (Phi) is 7.44. The minimum absolute atomic E-state index is 0.0169. The summed E-state index contributed by atoms with van der Waals surface area (Å²) in [5, 5.41) is 2.94. The zero-order valence-corrected chi connectivity index (χ0v) is 11.3. The van der Waals surface area contributed by atoms with Gasteiger partial charge < -0.3 is 5.32 Å². The number of hydrogen-bond acceptors (Lipinski definition) is 3. The Morgan fingerprint density at radius 3 is 2.50 bits per heavy atom. The quantitative estimate of drug-likeness (QED) is 0.522. The second-order valence-corrected chi connectivity index (χ2v) is 6.59. The largest absolute Gasteiger partial charge is 0.313 e. The number of nitrogens with one attached hydrogen (secondary N) is 1. The van der Waals surface area contributed by atoms with E-state index >= 15 is 0 Å². The molecule has 0 spiro atoms. The minimum Gasteiger partial charge on any atom is -0.313 e. The maximum atomic E-state index is 11.5. The number of sulfone groups is 1. The topological polar surface area (TPSA) is 46.2 Å². The molecule has 0 aliphatic heterocycles. The van der Waals surface area contributed by atoms with Crippen molar-refractivity contribution in [1.29, 1.82) is 0 Å². The van der Waals surface area contributed by atoms with Crippen molar-refractivity contribution in [2.45, 2.75) is 50.8 Å². The van der Waals surface area contributed by atoms with Gasteiger partial charge in [-0.2, -0.15) is 0 Å². The van der Waals surface area contributed by atoms with Crippen LogP contribution in [0, 0.1) is 12.3 Å². The van der Waals surface area contributed by atoms with Crippen LogP contribution in [0.3, 0.4) is 0 Å². The number of terminal acetylenes is 1. The van der Waals surface area contributed by atoms with Crippen LogP contribution in [-0.2, 0) is 9.84 Å². The zero-order chi connectivity index (χ0) is 12.6. The predicted octanol–water partition coefficient (Wildman–Crippen LogP) is 1.59. The van der Waals surface area contributed by atoms with Crippen molar-refractivity contribution in [2.75, 3.05) is 12.8 Å². The minimum atomic E-state index is -2.98. The molecule has 0 aliphatic carbocycles. The highest BCUT2D eigenvalue weighted by atomic mass is 32.2. The van der Waals surface area contributed by atoms with Gasteiger partial charge in [0.05, 0.1) is 5.25 Å². The molecule has 0 aromatic carbocycles.